The summed E-state index contributed by atoms with van der Waals surface area (Å²) in [7, 11) is 0. The summed E-state index contributed by atoms with van der Waals surface area (Å²) in [5.41, 5.74) is 2.33. The molecule has 1 atom stereocenters. The molecule has 0 aliphatic carbocycles. The number of amides is 1. The van der Waals surface area contributed by atoms with E-state index in [0.717, 1.165) is 44.6 Å². The van der Waals surface area contributed by atoms with Gasteiger partial charge in [0.2, 0.25) is 5.91 Å². The quantitative estimate of drug-likeness (QED) is 0.888. The Morgan fingerprint density at radius 3 is 2.55 bits per heavy atom. The average molecular weight is 273 g/mol. The molecule has 4 nitrogen and oxygen atoms in total. The molecule has 2 N–H and O–H groups in total. The van der Waals surface area contributed by atoms with Crippen LogP contribution in [0.5, 0.6) is 0 Å². The zero-order valence-corrected chi connectivity index (χ0v) is 11.9. The largest absolute Gasteiger partial charge is 0.374 e. The molecule has 2 aliphatic rings. The van der Waals surface area contributed by atoms with E-state index in [1.165, 1.54) is 18.5 Å². The molecule has 0 spiro atoms. The fourth-order valence-electron chi connectivity index (χ4n) is 3.02. The summed E-state index contributed by atoms with van der Waals surface area (Å²) in [5, 5.41) is 6.32. The molecule has 20 heavy (non-hydrogen) atoms. The normalized spacial score (nSPS) is 23.3. The first-order chi connectivity index (χ1) is 9.83. The second-order valence-electron chi connectivity index (χ2n) is 5.72. The Kier molecular flexibility index (Phi) is 4.09. The van der Waals surface area contributed by atoms with Gasteiger partial charge in [-0.1, -0.05) is 0 Å². The first kappa shape index (κ1) is 13.3. The maximum Gasteiger partial charge on any atom is 0.242 e. The van der Waals surface area contributed by atoms with Crippen LogP contribution in [-0.2, 0) is 4.79 Å². The molecule has 1 aromatic carbocycles. The lowest BCUT2D eigenvalue weighted by molar-refractivity contribution is -0.121. The summed E-state index contributed by atoms with van der Waals surface area (Å²) >= 11 is 0. The predicted octanol–water partition coefficient (Wildman–Crippen LogP) is 2.37. The Bertz CT molecular complexity index is 451. The van der Waals surface area contributed by atoms with E-state index in [1.807, 2.05) is 0 Å². The lowest BCUT2D eigenvalue weighted by Gasteiger charge is -2.20. The summed E-state index contributed by atoms with van der Waals surface area (Å²) in [6.45, 7) is 3.14. The van der Waals surface area contributed by atoms with Crippen molar-refractivity contribution in [2.24, 2.45) is 0 Å². The van der Waals surface area contributed by atoms with Gasteiger partial charge in [-0.3, -0.25) is 4.79 Å². The lowest BCUT2D eigenvalue weighted by atomic mass is 10.1. The third-order valence-electron chi connectivity index (χ3n) is 4.21. The number of nitrogens with one attached hydrogen (secondary N) is 2. The molecule has 0 aromatic heterocycles. The molecule has 2 fully saturated rings. The molecule has 1 aromatic rings. The van der Waals surface area contributed by atoms with Crippen LogP contribution in [0.3, 0.4) is 0 Å². The fraction of sp³-hybridized carbons (Fsp3) is 0.562. The summed E-state index contributed by atoms with van der Waals surface area (Å²) in [6.07, 6.45) is 5.68. The Morgan fingerprint density at radius 2 is 1.80 bits per heavy atom. The molecule has 2 aliphatic heterocycles. The smallest absolute Gasteiger partial charge is 0.242 e. The Morgan fingerprint density at radius 1 is 1.05 bits per heavy atom. The van der Waals surface area contributed by atoms with Crippen LogP contribution in [-0.4, -0.2) is 31.6 Å². The molecular weight excluding hydrogens is 250 g/mol. The molecule has 2 saturated heterocycles. The summed E-state index contributed by atoms with van der Waals surface area (Å²) < 4.78 is 0. The zero-order chi connectivity index (χ0) is 13.8. The average Bonchev–Trinajstić information content (AvgIpc) is 2.93. The van der Waals surface area contributed by atoms with E-state index in [-0.39, 0.29) is 11.9 Å². The van der Waals surface area contributed by atoms with Crippen LogP contribution >= 0.6 is 0 Å². The highest BCUT2D eigenvalue weighted by Gasteiger charge is 2.20. The Hall–Kier alpha value is -1.71. The van der Waals surface area contributed by atoms with E-state index in [4.69, 9.17) is 0 Å². The lowest BCUT2D eigenvalue weighted by Crippen LogP contribution is -2.37. The van der Waals surface area contributed by atoms with Gasteiger partial charge < -0.3 is 15.5 Å². The van der Waals surface area contributed by atoms with Crippen molar-refractivity contribution < 1.29 is 4.79 Å². The molecular formula is C16H23N3O. The number of rotatable bonds is 3. The van der Waals surface area contributed by atoms with Crippen LogP contribution in [0.4, 0.5) is 11.4 Å². The van der Waals surface area contributed by atoms with Gasteiger partial charge >= 0.3 is 0 Å². The van der Waals surface area contributed by atoms with Crippen molar-refractivity contribution in [3.63, 3.8) is 0 Å². The Balaban J connectivity index is 1.63. The number of hydrogen-bond acceptors (Lipinski definition) is 3. The van der Waals surface area contributed by atoms with Gasteiger partial charge in [-0.05, 0) is 56.4 Å². The van der Waals surface area contributed by atoms with Crippen LogP contribution in [0, 0.1) is 0 Å². The highest BCUT2D eigenvalue weighted by atomic mass is 16.2. The second-order valence-corrected chi connectivity index (χ2v) is 5.72. The van der Waals surface area contributed by atoms with Crippen LogP contribution < -0.4 is 15.5 Å². The fourth-order valence-corrected chi connectivity index (χ4v) is 3.02. The van der Waals surface area contributed by atoms with E-state index >= 15 is 0 Å². The third-order valence-corrected chi connectivity index (χ3v) is 4.21. The number of benzene rings is 1. The van der Waals surface area contributed by atoms with E-state index < -0.39 is 0 Å². The van der Waals surface area contributed by atoms with Crippen molar-refractivity contribution in [1.82, 2.24) is 5.32 Å². The summed E-state index contributed by atoms with van der Waals surface area (Å²) in [5.74, 6) is 0.131. The predicted molar refractivity (Wildman–Crippen MR) is 82.2 cm³/mol. The van der Waals surface area contributed by atoms with Crippen molar-refractivity contribution in [2.75, 3.05) is 29.9 Å². The SMILES string of the molecule is O=C1NCCCCC1Nc1ccc(N2CCCC2)cc1. The van der Waals surface area contributed by atoms with E-state index in [9.17, 15) is 4.79 Å². The van der Waals surface area contributed by atoms with Crippen molar-refractivity contribution >= 4 is 17.3 Å². The van der Waals surface area contributed by atoms with Gasteiger partial charge in [0.25, 0.3) is 0 Å². The van der Waals surface area contributed by atoms with Crippen molar-refractivity contribution in [3.05, 3.63) is 24.3 Å². The zero-order valence-electron chi connectivity index (χ0n) is 11.9. The first-order valence-corrected chi connectivity index (χ1v) is 7.72. The van der Waals surface area contributed by atoms with Crippen LogP contribution in [0.2, 0.25) is 0 Å². The van der Waals surface area contributed by atoms with Gasteiger partial charge in [0.1, 0.15) is 6.04 Å². The van der Waals surface area contributed by atoms with Crippen LogP contribution in [0.25, 0.3) is 0 Å². The van der Waals surface area contributed by atoms with Gasteiger partial charge in [-0.2, -0.15) is 0 Å². The molecule has 0 saturated carbocycles. The maximum absolute atomic E-state index is 11.9. The van der Waals surface area contributed by atoms with Gasteiger partial charge in [0.05, 0.1) is 0 Å². The van der Waals surface area contributed by atoms with Gasteiger partial charge in [-0.25, -0.2) is 0 Å². The van der Waals surface area contributed by atoms with Crippen LogP contribution in [0.1, 0.15) is 32.1 Å². The molecule has 108 valence electrons. The monoisotopic (exact) mass is 273 g/mol. The Labute approximate surface area is 120 Å². The van der Waals surface area contributed by atoms with E-state index in [1.54, 1.807) is 0 Å². The van der Waals surface area contributed by atoms with E-state index in [2.05, 4.69) is 39.8 Å². The van der Waals surface area contributed by atoms with Gasteiger partial charge in [0.15, 0.2) is 0 Å². The molecule has 1 unspecified atom stereocenters. The number of carbonyl (C=O) groups is 1. The summed E-state index contributed by atoms with van der Waals surface area (Å²) in [6, 6.07) is 8.40. The molecule has 4 heteroatoms. The maximum atomic E-state index is 11.9. The summed E-state index contributed by atoms with van der Waals surface area (Å²) in [4.78, 5) is 14.3. The highest BCUT2D eigenvalue weighted by molar-refractivity contribution is 5.84. The third kappa shape index (κ3) is 3.06. The molecule has 0 bridgehead atoms. The van der Waals surface area contributed by atoms with Crippen molar-refractivity contribution in [2.45, 2.75) is 38.1 Å². The minimum absolute atomic E-state index is 0.0878. The van der Waals surface area contributed by atoms with Crippen molar-refractivity contribution in [3.8, 4) is 0 Å². The number of anilines is 2. The van der Waals surface area contributed by atoms with Gasteiger partial charge in [0, 0.05) is 31.0 Å². The molecule has 3 rings (SSSR count). The highest BCUT2D eigenvalue weighted by Crippen LogP contribution is 2.23. The van der Waals surface area contributed by atoms with Crippen molar-refractivity contribution in [1.29, 1.82) is 0 Å². The number of carbonyl (C=O) groups excluding carboxylic acids is 1. The van der Waals surface area contributed by atoms with Crippen LogP contribution in [0.15, 0.2) is 24.3 Å². The number of nitrogens with zero attached hydrogens (tertiary/aromatic N) is 1. The minimum atomic E-state index is -0.0878. The molecule has 0 radical (unpaired) electrons. The minimum Gasteiger partial charge on any atom is -0.374 e. The van der Waals surface area contributed by atoms with E-state index in [0.29, 0.717) is 0 Å². The standard InChI is InChI=1S/C16H23N3O/c20-16-15(5-1-2-10-17-16)18-13-6-8-14(9-7-13)19-11-3-4-12-19/h6-9,15,18H,1-5,10-12H2,(H,17,20). The topological polar surface area (TPSA) is 44.4 Å². The first-order valence-electron chi connectivity index (χ1n) is 7.72. The second kappa shape index (κ2) is 6.16. The molecule has 2 heterocycles. The van der Waals surface area contributed by atoms with Gasteiger partial charge in [-0.15, -0.1) is 0 Å². The molecule has 1 amide bonds. The number of hydrogen-bond donors (Lipinski definition) is 2.